The minimum Gasteiger partial charge on any atom is -0.354 e. The van der Waals surface area contributed by atoms with Gasteiger partial charge in [-0.05, 0) is 74.1 Å². The van der Waals surface area contributed by atoms with Crippen molar-refractivity contribution in [3.8, 4) is 0 Å². The van der Waals surface area contributed by atoms with Crippen LogP contribution in [-0.4, -0.2) is 50.5 Å². The Morgan fingerprint density at radius 1 is 0.973 bits per heavy atom. The fraction of sp³-hybridized carbons (Fsp3) is 0.481. The molecule has 0 aliphatic heterocycles. The molecule has 0 saturated heterocycles. The predicted octanol–water partition coefficient (Wildman–Crippen LogP) is 5.35. The van der Waals surface area contributed by atoms with Gasteiger partial charge in [-0.1, -0.05) is 49.2 Å². The van der Waals surface area contributed by atoms with E-state index in [0.29, 0.717) is 22.3 Å². The Labute approximate surface area is 231 Å². The van der Waals surface area contributed by atoms with Crippen molar-refractivity contribution >= 4 is 50.7 Å². The van der Waals surface area contributed by atoms with Crippen LogP contribution in [0.3, 0.4) is 0 Å². The van der Waals surface area contributed by atoms with Crippen LogP contribution in [0.5, 0.6) is 0 Å². The number of nitrogens with one attached hydrogen (secondary N) is 1. The molecule has 0 saturated carbocycles. The quantitative estimate of drug-likeness (QED) is 0.373. The van der Waals surface area contributed by atoms with E-state index in [1.165, 1.54) is 9.21 Å². The third-order valence-corrected chi connectivity index (χ3v) is 7.77. The second-order valence-corrected chi connectivity index (χ2v) is 12.6. The van der Waals surface area contributed by atoms with Gasteiger partial charge in [-0.3, -0.25) is 13.9 Å². The van der Waals surface area contributed by atoms with E-state index in [9.17, 15) is 18.0 Å². The molecule has 0 radical (unpaired) electrons. The minimum atomic E-state index is -3.56. The Balaban J connectivity index is 2.21. The monoisotopic (exact) mass is 569 g/mol. The van der Waals surface area contributed by atoms with Crippen molar-refractivity contribution < 1.29 is 18.0 Å². The zero-order chi connectivity index (χ0) is 27.9. The van der Waals surface area contributed by atoms with Crippen molar-refractivity contribution in [3.05, 3.63) is 63.1 Å². The summed E-state index contributed by atoms with van der Waals surface area (Å²) in [6.45, 7) is 10.3. The first kappa shape index (κ1) is 30.9. The molecule has 2 rings (SSSR count). The van der Waals surface area contributed by atoms with Gasteiger partial charge in [0.05, 0.1) is 22.0 Å². The highest BCUT2D eigenvalue weighted by atomic mass is 35.5. The van der Waals surface area contributed by atoms with Crippen molar-refractivity contribution in [1.29, 1.82) is 0 Å². The smallest absolute Gasteiger partial charge is 0.242 e. The van der Waals surface area contributed by atoms with Crippen molar-refractivity contribution in [2.45, 2.75) is 60.0 Å². The molecule has 2 amide bonds. The van der Waals surface area contributed by atoms with E-state index in [1.54, 1.807) is 25.1 Å². The van der Waals surface area contributed by atoms with Gasteiger partial charge in [0.15, 0.2) is 0 Å². The SMILES string of the molecule is Cc1cc(C)cc(N(CCCC(=O)N(Cc2ccc(Cl)c(Cl)c2)[C@H](C)C(=O)NCC(C)C)S(C)(=O)=O)c1. The average molecular weight is 571 g/mol. The number of aryl methyl sites for hydroxylation is 2. The molecule has 0 aromatic heterocycles. The number of carbonyl (C=O) groups excluding carboxylic acids is 2. The molecule has 2 aromatic rings. The van der Waals surface area contributed by atoms with E-state index in [0.717, 1.165) is 22.9 Å². The van der Waals surface area contributed by atoms with Crippen molar-refractivity contribution in [3.63, 3.8) is 0 Å². The zero-order valence-corrected chi connectivity index (χ0v) is 24.7. The van der Waals surface area contributed by atoms with E-state index in [4.69, 9.17) is 23.2 Å². The molecule has 0 fully saturated rings. The summed E-state index contributed by atoms with van der Waals surface area (Å²) in [6, 6.07) is 9.96. The first-order chi connectivity index (χ1) is 17.2. The second kappa shape index (κ2) is 13.5. The number of sulfonamides is 1. The number of carbonyl (C=O) groups is 2. The third kappa shape index (κ3) is 9.51. The molecule has 0 unspecified atom stereocenters. The molecule has 1 atom stereocenters. The number of rotatable bonds is 12. The highest BCUT2D eigenvalue weighted by molar-refractivity contribution is 7.92. The zero-order valence-electron chi connectivity index (χ0n) is 22.3. The lowest BCUT2D eigenvalue weighted by Crippen LogP contribution is -2.48. The van der Waals surface area contributed by atoms with Crippen LogP contribution in [0.4, 0.5) is 5.69 Å². The van der Waals surface area contributed by atoms with Crippen molar-refractivity contribution in [1.82, 2.24) is 10.2 Å². The molecular weight excluding hydrogens is 533 g/mol. The van der Waals surface area contributed by atoms with Crippen molar-refractivity contribution in [2.24, 2.45) is 5.92 Å². The molecule has 0 heterocycles. The van der Waals surface area contributed by atoms with Gasteiger partial charge in [-0.15, -0.1) is 0 Å². The third-order valence-electron chi connectivity index (χ3n) is 5.84. The maximum atomic E-state index is 13.4. The minimum absolute atomic E-state index is 0.0694. The van der Waals surface area contributed by atoms with Crippen LogP contribution in [0.2, 0.25) is 10.0 Å². The van der Waals surface area contributed by atoms with Crippen LogP contribution in [0.1, 0.15) is 50.3 Å². The highest BCUT2D eigenvalue weighted by Crippen LogP contribution is 2.25. The average Bonchev–Trinajstić information content (AvgIpc) is 2.78. The Morgan fingerprint density at radius 3 is 2.14 bits per heavy atom. The summed E-state index contributed by atoms with van der Waals surface area (Å²) >= 11 is 12.2. The maximum Gasteiger partial charge on any atom is 0.242 e. The van der Waals surface area contributed by atoms with Crippen molar-refractivity contribution in [2.75, 3.05) is 23.7 Å². The highest BCUT2D eigenvalue weighted by Gasteiger charge is 2.27. The second-order valence-electron chi connectivity index (χ2n) is 9.87. The standard InChI is InChI=1S/C27H37Cl2N3O4S/c1-18(2)16-30-27(34)21(5)31(17-22-9-10-24(28)25(29)15-22)26(33)8-7-11-32(37(6,35)36)23-13-19(3)12-20(4)14-23/h9-10,12-15,18,21H,7-8,11,16-17H2,1-6H3,(H,30,34)/t21-/m1/s1. The van der Waals surface area contributed by atoms with Crippen LogP contribution in [0, 0.1) is 19.8 Å². The Kier molecular flexibility index (Phi) is 11.3. The molecule has 37 heavy (non-hydrogen) atoms. The molecule has 204 valence electrons. The normalized spacial score (nSPS) is 12.4. The van der Waals surface area contributed by atoms with Gasteiger partial charge in [0.2, 0.25) is 21.8 Å². The van der Waals surface area contributed by atoms with Crippen LogP contribution < -0.4 is 9.62 Å². The topological polar surface area (TPSA) is 86.8 Å². The number of benzene rings is 2. The number of anilines is 1. The largest absolute Gasteiger partial charge is 0.354 e. The number of hydrogen-bond donors (Lipinski definition) is 1. The number of halogens is 2. The summed E-state index contributed by atoms with van der Waals surface area (Å²) in [4.78, 5) is 27.7. The summed E-state index contributed by atoms with van der Waals surface area (Å²) in [5.74, 6) is -0.245. The van der Waals surface area contributed by atoms with Crippen LogP contribution in [-0.2, 0) is 26.2 Å². The number of hydrogen-bond acceptors (Lipinski definition) is 4. The van der Waals surface area contributed by atoms with Gasteiger partial charge < -0.3 is 10.2 Å². The summed E-state index contributed by atoms with van der Waals surface area (Å²) in [5, 5.41) is 3.65. The lowest BCUT2D eigenvalue weighted by Gasteiger charge is -2.30. The first-order valence-corrected chi connectivity index (χ1v) is 14.9. The molecule has 0 spiro atoms. The molecule has 7 nitrogen and oxygen atoms in total. The Morgan fingerprint density at radius 2 is 1.59 bits per heavy atom. The summed E-state index contributed by atoms with van der Waals surface area (Å²) in [5.41, 5.74) is 3.21. The first-order valence-electron chi connectivity index (χ1n) is 12.3. The summed E-state index contributed by atoms with van der Waals surface area (Å²) in [7, 11) is -3.56. The van der Waals surface area contributed by atoms with Gasteiger partial charge >= 0.3 is 0 Å². The fourth-order valence-electron chi connectivity index (χ4n) is 3.97. The van der Waals surface area contributed by atoms with E-state index in [-0.39, 0.29) is 43.7 Å². The maximum absolute atomic E-state index is 13.4. The van der Waals surface area contributed by atoms with E-state index in [1.807, 2.05) is 45.9 Å². The molecule has 0 bridgehead atoms. The van der Waals surface area contributed by atoms with Gasteiger partial charge in [0.1, 0.15) is 6.04 Å². The molecule has 10 heteroatoms. The summed E-state index contributed by atoms with van der Waals surface area (Å²) in [6.07, 6.45) is 1.52. The van der Waals surface area contributed by atoms with Crippen LogP contribution in [0.15, 0.2) is 36.4 Å². The van der Waals surface area contributed by atoms with Gasteiger partial charge in [0.25, 0.3) is 0 Å². The summed E-state index contributed by atoms with van der Waals surface area (Å²) < 4.78 is 26.4. The van der Waals surface area contributed by atoms with Gasteiger partial charge in [-0.2, -0.15) is 0 Å². The predicted molar refractivity (Wildman–Crippen MR) is 152 cm³/mol. The molecule has 0 aliphatic carbocycles. The molecule has 2 aromatic carbocycles. The van der Waals surface area contributed by atoms with Crippen LogP contribution in [0.25, 0.3) is 0 Å². The number of amides is 2. The fourth-order valence-corrected chi connectivity index (χ4v) is 5.24. The molecular formula is C27H37Cl2N3O4S. The van der Waals surface area contributed by atoms with Gasteiger partial charge in [0, 0.05) is 26.1 Å². The Bertz CT molecular complexity index is 1200. The molecule has 1 N–H and O–H groups in total. The van der Waals surface area contributed by atoms with Gasteiger partial charge in [-0.25, -0.2) is 8.42 Å². The van der Waals surface area contributed by atoms with E-state index in [2.05, 4.69) is 5.32 Å². The molecule has 0 aliphatic rings. The Hall–Kier alpha value is -2.29. The number of nitrogens with zero attached hydrogens (tertiary/aromatic N) is 2. The lowest BCUT2D eigenvalue weighted by atomic mass is 10.1. The van der Waals surface area contributed by atoms with Crippen LogP contribution >= 0.6 is 23.2 Å². The van der Waals surface area contributed by atoms with E-state index < -0.39 is 16.1 Å². The van der Waals surface area contributed by atoms with E-state index >= 15 is 0 Å². The lowest BCUT2D eigenvalue weighted by molar-refractivity contribution is -0.140.